The van der Waals surface area contributed by atoms with Crippen molar-refractivity contribution in [3.63, 3.8) is 0 Å². The third kappa shape index (κ3) is 2.48. The molecule has 0 fully saturated rings. The Labute approximate surface area is 133 Å². The topological polar surface area (TPSA) is 0 Å². The first kappa shape index (κ1) is 14.7. The minimum absolute atomic E-state index is 0.880. The van der Waals surface area contributed by atoms with Crippen LogP contribution in [0.5, 0.6) is 0 Å². The number of terminal acetylenes is 1. The molecule has 0 spiro atoms. The minimum Gasteiger partial charge on any atom is -0.120 e. The summed E-state index contributed by atoms with van der Waals surface area (Å²) in [5.41, 5.74) is 9.87. The van der Waals surface area contributed by atoms with Crippen LogP contribution in [0.3, 0.4) is 0 Å². The third-order valence-corrected chi connectivity index (χ3v) is 4.40. The van der Waals surface area contributed by atoms with Crippen molar-refractivity contribution in [1.29, 1.82) is 0 Å². The molecule has 0 saturated heterocycles. The highest BCUT2D eigenvalue weighted by molar-refractivity contribution is 6.03. The van der Waals surface area contributed by atoms with Crippen molar-refractivity contribution in [2.24, 2.45) is 0 Å². The molecule has 2 aromatic rings. The summed E-state index contributed by atoms with van der Waals surface area (Å²) in [5.74, 6) is 2.74. The van der Waals surface area contributed by atoms with Crippen LogP contribution in [-0.2, 0) is 6.42 Å². The predicted molar refractivity (Wildman–Crippen MR) is 95.6 cm³/mol. The van der Waals surface area contributed by atoms with Crippen LogP contribution in [0.15, 0.2) is 48.0 Å². The number of rotatable bonds is 4. The van der Waals surface area contributed by atoms with Gasteiger partial charge >= 0.3 is 0 Å². The van der Waals surface area contributed by atoms with Crippen molar-refractivity contribution in [2.75, 3.05) is 0 Å². The van der Waals surface area contributed by atoms with Gasteiger partial charge in [-0.15, -0.1) is 12.3 Å². The van der Waals surface area contributed by atoms with E-state index in [0.29, 0.717) is 0 Å². The molecule has 0 heterocycles. The molecule has 0 heteroatoms. The number of allylic oxidation sites excluding steroid dienone is 1. The van der Waals surface area contributed by atoms with E-state index in [1.165, 1.54) is 39.0 Å². The lowest BCUT2D eigenvalue weighted by Gasteiger charge is -2.09. The maximum Gasteiger partial charge on any atom is 0.00861 e. The van der Waals surface area contributed by atoms with Crippen LogP contribution in [0.2, 0.25) is 0 Å². The number of hydrogen-bond acceptors (Lipinski definition) is 0. The smallest absolute Gasteiger partial charge is 0.00861 e. The molecule has 110 valence electrons. The first-order valence-electron chi connectivity index (χ1n) is 8.07. The molecule has 0 unspecified atom stereocenters. The number of hydrogen-bond donors (Lipinski definition) is 0. The van der Waals surface area contributed by atoms with Gasteiger partial charge in [-0.1, -0.05) is 48.0 Å². The molecule has 0 N–H and O–H groups in total. The zero-order valence-corrected chi connectivity index (χ0v) is 13.4. The average molecular weight is 286 g/mol. The summed E-state index contributed by atoms with van der Waals surface area (Å²) in [6.07, 6.45) is 9.61. The molecule has 0 aliphatic heterocycles. The summed E-state index contributed by atoms with van der Waals surface area (Å²) >= 11 is 0. The summed E-state index contributed by atoms with van der Waals surface area (Å²) in [6.45, 7) is 4.42. The number of aryl methyl sites for hydroxylation is 1. The van der Waals surface area contributed by atoms with Gasteiger partial charge in [0.05, 0.1) is 0 Å². The van der Waals surface area contributed by atoms with Crippen LogP contribution >= 0.6 is 0 Å². The lowest BCUT2D eigenvalue weighted by atomic mass is 9.95. The maximum absolute atomic E-state index is 5.36. The van der Waals surface area contributed by atoms with Crippen molar-refractivity contribution in [3.05, 3.63) is 64.7 Å². The van der Waals surface area contributed by atoms with E-state index in [9.17, 15) is 0 Å². The molecule has 0 amide bonds. The van der Waals surface area contributed by atoms with Crippen molar-refractivity contribution < 1.29 is 0 Å². The highest BCUT2D eigenvalue weighted by atomic mass is 14.3. The van der Waals surface area contributed by atoms with Gasteiger partial charge in [0.2, 0.25) is 0 Å². The van der Waals surface area contributed by atoms with Gasteiger partial charge in [0.15, 0.2) is 0 Å². The summed E-state index contributed by atoms with van der Waals surface area (Å²) in [4.78, 5) is 0. The molecule has 0 atom stereocenters. The second-order valence-electron chi connectivity index (χ2n) is 6.17. The van der Waals surface area contributed by atoms with Gasteiger partial charge in [0, 0.05) is 6.42 Å². The number of fused-ring (bicyclic) bond motifs is 3. The predicted octanol–water partition coefficient (Wildman–Crippen LogP) is 5.85. The molecular weight excluding hydrogens is 264 g/mol. The molecule has 1 aliphatic carbocycles. The van der Waals surface area contributed by atoms with Crippen molar-refractivity contribution in [3.8, 4) is 23.5 Å². The first-order valence-corrected chi connectivity index (χ1v) is 8.07. The van der Waals surface area contributed by atoms with E-state index in [1.807, 2.05) is 0 Å². The van der Waals surface area contributed by atoms with Gasteiger partial charge in [-0.3, -0.25) is 0 Å². The van der Waals surface area contributed by atoms with Crippen molar-refractivity contribution in [2.45, 2.75) is 39.5 Å². The summed E-state index contributed by atoms with van der Waals surface area (Å²) in [6, 6.07) is 15.5. The normalized spacial score (nSPS) is 11.8. The summed E-state index contributed by atoms with van der Waals surface area (Å²) in [5, 5.41) is 0. The fourth-order valence-electron chi connectivity index (χ4n) is 3.48. The highest BCUT2D eigenvalue weighted by Crippen LogP contribution is 2.47. The van der Waals surface area contributed by atoms with Gasteiger partial charge in [-0.2, -0.15) is 0 Å². The Balaban J connectivity index is 2.07. The average Bonchev–Trinajstić information content (AvgIpc) is 2.86. The van der Waals surface area contributed by atoms with Crippen molar-refractivity contribution >= 4 is 5.57 Å². The zero-order chi connectivity index (χ0) is 15.5. The van der Waals surface area contributed by atoms with E-state index in [0.717, 1.165) is 25.7 Å². The Hall–Kier alpha value is -2.26. The molecule has 0 nitrogen and oxygen atoms in total. The maximum atomic E-state index is 5.36. The van der Waals surface area contributed by atoms with E-state index >= 15 is 0 Å². The molecule has 1 aliphatic rings. The largest absolute Gasteiger partial charge is 0.120 e. The zero-order valence-electron chi connectivity index (χ0n) is 13.4. The quantitative estimate of drug-likeness (QED) is 0.416. The number of unbranched alkanes of at least 4 members (excludes halogenated alkanes) is 2. The van der Waals surface area contributed by atoms with Gasteiger partial charge in [0.25, 0.3) is 0 Å². The molecular formula is C22H22. The second kappa shape index (κ2) is 6.24. The van der Waals surface area contributed by atoms with E-state index in [4.69, 9.17) is 6.42 Å². The van der Waals surface area contributed by atoms with Crippen LogP contribution in [0.25, 0.3) is 16.7 Å². The SMILES string of the molecule is C#CCCCCc1cccc2c1-c1ccccc1C2=C(C)C. The molecule has 2 aromatic carbocycles. The van der Waals surface area contributed by atoms with Crippen LogP contribution in [0.1, 0.15) is 49.8 Å². The lowest BCUT2D eigenvalue weighted by Crippen LogP contribution is -1.91. The summed E-state index contributed by atoms with van der Waals surface area (Å²) in [7, 11) is 0. The first-order chi connectivity index (χ1) is 10.7. The Bertz CT molecular complexity index is 765. The van der Waals surface area contributed by atoms with E-state index in [-0.39, 0.29) is 0 Å². The van der Waals surface area contributed by atoms with Crippen molar-refractivity contribution in [1.82, 2.24) is 0 Å². The molecule has 0 radical (unpaired) electrons. The lowest BCUT2D eigenvalue weighted by molar-refractivity contribution is 0.757. The Morgan fingerprint density at radius 2 is 1.64 bits per heavy atom. The molecule has 22 heavy (non-hydrogen) atoms. The van der Waals surface area contributed by atoms with E-state index in [1.54, 1.807) is 0 Å². The Morgan fingerprint density at radius 3 is 2.36 bits per heavy atom. The molecule has 0 bridgehead atoms. The van der Waals surface area contributed by atoms with Crippen LogP contribution < -0.4 is 0 Å². The molecule has 3 rings (SSSR count). The Kier molecular flexibility index (Phi) is 4.16. The van der Waals surface area contributed by atoms with Gasteiger partial charge in [-0.05, 0) is 66.5 Å². The highest BCUT2D eigenvalue weighted by Gasteiger charge is 2.25. The fraction of sp³-hybridized carbons (Fsp3) is 0.273. The Morgan fingerprint density at radius 1 is 0.909 bits per heavy atom. The second-order valence-corrected chi connectivity index (χ2v) is 6.17. The molecule has 0 aromatic heterocycles. The van der Waals surface area contributed by atoms with Crippen LogP contribution in [0.4, 0.5) is 0 Å². The summed E-state index contributed by atoms with van der Waals surface area (Å²) < 4.78 is 0. The van der Waals surface area contributed by atoms with E-state index in [2.05, 4.69) is 62.2 Å². The van der Waals surface area contributed by atoms with Crippen LogP contribution in [0, 0.1) is 12.3 Å². The van der Waals surface area contributed by atoms with Gasteiger partial charge < -0.3 is 0 Å². The van der Waals surface area contributed by atoms with Gasteiger partial charge in [0.1, 0.15) is 0 Å². The fourth-order valence-corrected chi connectivity index (χ4v) is 3.48. The monoisotopic (exact) mass is 286 g/mol. The standard InChI is InChI=1S/C22H22/c1-4-5-6-7-11-17-12-10-15-20-21(16(2)3)18-13-8-9-14-19(18)22(17)20/h1,8-10,12-15H,5-7,11H2,2-3H3. The van der Waals surface area contributed by atoms with Gasteiger partial charge in [-0.25, -0.2) is 0 Å². The number of benzene rings is 2. The minimum atomic E-state index is 0.880. The van der Waals surface area contributed by atoms with Crippen LogP contribution in [-0.4, -0.2) is 0 Å². The third-order valence-electron chi connectivity index (χ3n) is 4.40. The van der Waals surface area contributed by atoms with E-state index < -0.39 is 0 Å². The molecule has 0 saturated carbocycles.